The second-order valence-electron chi connectivity index (χ2n) is 5.14. The molecule has 6 nitrogen and oxygen atoms in total. The van der Waals surface area contributed by atoms with Crippen LogP contribution >= 0.6 is 22.2 Å². The van der Waals surface area contributed by atoms with E-state index in [9.17, 15) is 27.1 Å². The highest BCUT2D eigenvalue weighted by molar-refractivity contribution is 8.26. The second kappa shape index (κ2) is 7.67. The molecule has 0 heterocycles. The van der Waals surface area contributed by atoms with Crippen LogP contribution in [0.15, 0.2) is 64.4 Å². The number of rotatable bonds is 7. The number of benzene rings is 2. The summed E-state index contributed by atoms with van der Waals surface area (Å²) in [5, 5.41) is -1.54. The normalized spacial score (nSPS) is 13.9. The number of sulfone groups is 1. The van der Waals surface area contributed by atoms with Crippen LogP contribution < -0.4 is 0 Å². The van der Waals surface area contributed by atoms with Crippen LogP contribution in [-0.2, 0) is 19.4 Å². The first-order valence-corrected chi connectivity index (χ1v) is 10.6. The lowest BCUT2D eigenvalue weighted by molar-refractivity contribution is -0.120. The highest BCUT2D eigenvalue weighted by atomic mass is 35.5. The van der Waals surface area contributed by atoms with Crippen molar-refractivity contribution >= 4 is 44.1 Å². The third-order valence-electron chi connectivity index (χ3n) is 3.39. The third kappa shape index (κ3) is 4.47. The molecule has 2 N–H and O–H groups in total. The lowest BCUT2D eigenvalue weighted by Crippen LogP contribution is -2.33. The molecule has 0 amide bonds. The molecule has 1 atom stereocenters. The Morgan fingerprint density at radius 1 is 1.00 bits per heavy atom. The van der Waals surface area contributed by atoms with E-state index in [0.29, 0.717) is 5.02 Å². The molecular weight excluding hydrogens is 388 g/mol. The van der Waals surface area contributed by atoms with Gasteiger partial charge < -0.3 is 4.79 Å². The van der Waals surface area contributed by atoms with E-state index < -0.39 is 37.2 Å². The Morgan fingerprint density at radius 3 is 2.08 bits per heavy atom. The van der Waals surface area contributed by atoms with E-state index in [2.05, 4.69) is 0 Å². The van der Waals surface area contributed by atoms with Gasteiger partial charge in [-0.1, -0.05) is 29.8 Å². The van der Waals surface area contributed by atoms with Gasteiger partial charge in [-0.25, -0.2) is 8.42 Å². The molecule has 0 saturated heterocycles. The monoisotopic (exact) mass is 402 g/mol. The first kappa shape index (κ1) is 19.6. The zero-order valence-corrected chi connectivity index (χ0v) is 15.2. The van der Waals surface area contributed by atoms with Crippen molar-refractivity contribution in [3.05, 3.63) is 59.6 Å². The summed E-state index contributed by atoms with van der Waals surface area (Å²) in [6.45, 7) is 0. The zero-order chi connectivity index (χ0) is 18.7. The number of carbonyl (C=O) groups is 2. The van der Waals surface area contributed by atoms with Crippen LogP contribution in [0.5, 0.6) is 0 Å². The van der Waals surface area contributed by atoms with Crippen LogP contribution in [0.3, 0.4) is 0 Å². The quantitative estimate of drug-likeness (QED) is 0.544. The topological polar surface area (TPSA) is 109 Å². The standard InChI is InChI=1S/C16H15ClO6S2/c17-12-6-8-13(9-7-12)24(20,21)11-15(19)16(10-18)25(22,23)14-4-2-1-3-5-14/h1-10,16,22-23H,11H2. The van der Waals surface area contributed by atoms with Crippen molar-refractivity contribution in [2.75, 3.05) is 5.75 Å². The molecule has 0 fully saturated rings. The van der Waals surface area contributed by atoms with Crippen molar-refractivity contribution in [2.45, 2.75) is 15.0 Å². The highest BCUT2D eigenvalue weighted by Gasteiger charge is 2.36. The largest absolute Gasteiger partial charge is 0.301 e. The fraction of sp³-hybridized carbons (Fsp3) is 0.125. The lowest BCUT2D eigenvalue weighted by atomic mass is 10.3. The van der Waals surface area contributed by atoms with E-state index in [4.69, 9.17) is 11.6 Å². The summed E-state index contributed by atoms with van der Waals surface area (Å²) in [7, 11) is -7.86. The molecule has 0 radical (unpaired) electrons. The van der Waals surface area contributed by atoms with Gasteiger partial charge in [0, 0.05) is 5.02 Å². The number of aldehydes is 1. The van der Waals surface area contributed by atoms with Gasteiger partial charge in [-0.05, 0) is 36.4 Å². The molecule has 0 bridgehead atoms. The molecule has 0 aliphatic heterocycles. The Labute approximate surface area is 151 Å². The molecule has 1 unspecified atom stereocenters. The number of ketones is 1. The summed E-state index contributed by atoms with van der Waals surface area (Å²) < 4.78 is 45.2. The van der Waals surface area contributed by atoms with Crippen molar-refractivity contribution in [3.63, 3.8) is 0 Å². The predicted molar refractivity (Wildman–Crippen MR) is 95.9 cm³/mol. The van der Waals surface area contributed by atoms with Gasteiger partial charge in [0.15, 0.2) is 20.9 Å². The number of hydrogen-bond donors (Lipinski definition) is 2. The third-order valence-corrected chi connectivity index (χ3v) is 7.35. The molecule has 2 rings (SSSR count). The Balaban J connectivity index is 2.28. The van der Waals surface area contributed by atoms with Gasteiger partial charge in [0.25, 0.3) is 0 Å². The maximum absolute atomic E-state index is 12.3. The molecular formula is C16H15ClO6S2. The smallest absolute Gasteiger partial charge is 0.185 e. The second-order valence-corrected chi connectivity index (χ2v) is 9.73. The van der Waals surface area contributed by atoms with Crippen molar-refractivity contribution < 1.29 is 27.1 Å². The SMILES string of the molecule is O=CC(C(=O)CS(=O)(=O)c1ccc(Cl)cc1)S(O)(O)c1ccccc1. The van der Waals surface area contributed by atoms with Gasteiger partial charge in [0.05, 0.1) is 9.79 Å². The molecule has 0 saturated carbocycles. The average Bonchev–Trinajstić information content (AvgIpc) is 2.56. The first-order valence-electron chi connectivity index (χ1n) is 6.97. The lowest BCUT2D eigenvalue weighted by Gasteiger charge is -2.36. The van der Waals surface area contributed by atoms with Gasteiger partial charge in [-0.3, -0.25) is 13.9 Å². The first-order chi connectivity index (χ1) is 11.7. The van der Waals surface area contributed by atoms with Crippen molar-refractivity contribution in [2.24, 2.45) is 0 Å². The number of halogens is 1. The van der Waals surface area contributed by atoms with Gasteiger partial charge >= 0.3 is 0 Å². The average molecular weight is 403 g/mol. The maximum Gasteiger partial charge on any atom is 0.185 e. The predicted octanol–water partition coefficient (Wildman–Crippen LogP) is 3.06. The summed E-state index contributed by atoms with van der Waals surface area (Å²) in [6.07, 6.45) is 0.0715. The fourth-order valence-corrected chi connectivity index (χ4v) is 5.06. The van der Waals surface area contributed by atoms with E-state index in [1.54, 1.807) is 6.07 Å². The Hall–Kier alpha value is -1.71. The Bertz CT molecular complexity index is 863. The zero-order valence-electron chi connectivity index (χ0n) is 12.8. The fourth-order valence-electron chi connectivity index (χ4n) is 2.10. The minimum absolute atomic E-state index is 0.00987. The molecule has 0 aromatic heterocycles. The summed E-state index contributed by atoms with van der Waals surface area (Å²) in [4.78, 5) is 23.5. The minimum Gasteiger partial charge on any atom is -0.301 e. The van der Waals surface area contributed by atoms with Crippen LogP contribution in [0.1, 0.15) is 0 Å². The van der Waals surface area contributed by atoms with Crippen LogP contribution in [0.25, 0.3) is 0 Å². The molecule has 0 spiro atoms. The minimum atomic E-state index is -4.05. The molecule has 0 aliphatic rings. The van der Waals surface area contributed by atoms with Gasteiger partial charge in [0.1, 0.15) is 12.0 Å². The molecule has 0 aliphatic carbocycles. The molecule has 2 aromatic rings. The van der Waals surface area contributed by atoms with Crippen molar-refractivity contribution in [3.8, 4) is 0 Å². The number of hydrogen-bond acceptors (Lipinski definition) is 6. The Kier molecular flexibility index (Phi) is 6.02. The summed E-state index contributed by atoms with van der Waals surface area (Å²) in [5.41, 5.74) is 0. The van der Waals surface area contributed by atoms with Crippen molar-refractivity contribution in [1.29, 1.82) is 0 Å². The highest BCUT2D eigenvalue weighted by Crippen LogP contribution is 2.52. The van der Waals surface area contributed by atoms with Gasteiger partial charge in [-0.15, -0.1) is 0 Å². The summed E-state index contributed by atoms with van der Waals surface area (Å²) >= 11 is 5.70. The van der Waals surface area contributed by atoms with E-state index in [1.165, 1.54) is 48.5 Å². The van der Waals surface area contributed by atoms with Gasteiger partial charge in [0.2, 0.25) is 0 Å². The molecule has 2 aromatic carbocycles. The molecule has 134 valence electrons. The van der Waals surface area contributed by atoms with E-state index in [1.807, 2.05) is 0 Å². The van der Waals surface area contributed by atoms with E-state index in [0.717, 1.165) is 0 Å². The van der Waals surface area contributed by atoms with Crippen molar-refractivity contribution in [1.82, 2.24) is 0 Å². The maximum atomic E-state index is 12.3. The number of carbonyl (C=O) groups excluding carboxylic acids is 2. The van der Waals surface area contributed by atoms with E-state index >= 15 is 0 Å². The summed E-state index contributed by atoms with van der Waals surface area (Å²) in [6, 6.07) is 12.5. The number of Topliss-reactive ketones (excluding diaryl/α,β-unsaturated/α-hetero) is 1. The summed E-state index contributed by atoms with van der Waals surface area (Å²) in [5.74, 6) is -2.12. The van der Waals surface area contributed by atoms with E-state index in [-0.39, 0.29) is 16.1 Å². The van der Waals surface area contributed by atoms with Gasteiger partial charge in [-0.2, -0.15) is 10.6 Å². The Morgan fingerprint density at radius 2 is 1.56 bits per heavy atom. The van der Waals surface area contributed by atoms with Crippen LogP contribution in [0, 0.1) is 0 Å². The molecule has 9 heteroatoms. The van der Waals surface area contributed by atoms with Crippen LogP contribution in [0.2, 0.25) is 5.02 Å². The van der Waals surface area contributed by atoms with Crippen LogP contribution in [0.4, 0.5) is 0 Å². The molecule has 25 heavy (non-hydrogen) atoms. The van der Waals surface area contributed by atoms with Crippen LogP contribution in [-0.4, -0.2) is 40.6 Å².